The highest BCUT2D eigenvalue weighted by Gasteiger charge is 2.23. The van der Waals surface area contributed by atoms with Crippen molar-refractivity contribution in [2.24, 2.45) is 0 Å². The molecule has 1 aliphatic rings. The quantitative estimate of drug-likeness (QED) is 0.870. The molecule has 0 spiro atoms. The second-order valence-corrected chi connectivity index (χ2v) is 6.33. The van der Waals surface area contributed by atoms with Crippen LogP contribution in [-0.4, -0.2) is 45.2 Å². The van der Waals surface area contributed by atoms with Crippen molar-refractivity contribution in [1.82, 2.24) is 25.0 Å². The molecule has 1 aromatic heterocycles. The molecule has 1 amide bonds. The maximum absolute atomic E-state index is 12.2. The Morgan fingerprint density at radius 1 is 1.43 bits per heavy atom. The Bertz CT molecular complexity index is 464. The monoisotopic (exact) mass is 293 g/mol. The topological polar surface area (TPSA) is 63.1 Å². The third-order valence-corrected chi connectivity index (χ3v) is 4.26. The molecule has 0 bridgehead atoms. The molecule has 1 fully saturated rings. The Labute approximate surface area is 126 Å². The van der Waals surface area contributed by atoms with E-state index in [0.717, 1.165) is 5.82 Å². The third-order valence-electron chi connectivity index (χ3n) is 4.26. The van der Waals surface area contributed by atoms with Crippen molar-refractivity contribution in [2.75, 3.05) is 13.6 Å². The van der Waals surface area contributed by atoms with E-state index in [9.17, 15) is 4.79 Å². The van der Waals surface area contributed by atoms with Crippen molar-refractivity contribution in [3.8, 4) is 0 Å². The Kier molecular flexibility index (Phi) is 5.33. The van der Waals surface area contributed by atoms with E-state index in [1.807, 2.05) is 18.5 Å². The molecule has 0 unspecified atom stereocenters. The lowest BCUT2D eigenvalue weighted by atomic mass is 10.2. The first-order valence-corrected chi connectivity index (χ1v) is 7.88. The molecule has 6 heteroatoms. The zero-order valence-corrected chi connectivity index (χ0v) is 13.5. The van der Waals surface area contributed by atoms with Gasteiger partial charge in [0.25, 0.3) is 0 Å². The van der Waals surface area contributed by atoms with Gasteiger partial charge in [-0.1, -0.05) is 12.8 Å². The molecule has 0 radical (unpaired) electrons. The standard InChI is InChI=1S/C15H27N5O/c1-11(2)20-10-16-18-15(20)12(3)17-14(21)9-19(4)13-7-5-6-8-13/h10-13H,5-9H2,1-4H3,(H,17,21)/t12-/m0/s1. The van der Waals surface area contributed by atoms with Crippen LogP contribution in [0.4, 0.5) is 0 Å². The van der Waals surface area contributed by atoms with Crippen LogP contribution >= 0.6 is 0 Å². The fourth-order valence-electron chi connectivity index (χ4n) is 3.01. The lowest BCUT2D eigenvalue weighted by molar-refractivity contribution is -0.123. The minimum Gasteiger partial charge on any atom is -0.345 e. The lowest BCUT2D eigenvalue weighted by Gasteiger charge is -2.24. The van der Waals surface area contributed by atoms with Gasteiger partial charge < -0.3 is 9.88 Å². The summed E-state index contributed by atoms with van der Waals surface area (Å²) in [5.41, 5.74) is 0. The van der Waals surface area contributed by atoms with E-state index in [2.05, 4.69) is 34.3 Å². The van der Waals surface area contributed by atoms with Gasteiger partial charge in [0.05, 0.1) is 12.6 Å². The first kappa shape index (κ1) is 15.9. The SMILES string of the molecule is CC(C)n1cnnc1[C@H](C)NC(=O)CN(C)C1CCCC1. The molecule has 0 aliphatic heterocycles. The molecule has 1 saturated carbocycles. The van der Waals surface area contributed by atoms with E-state index in [1.165, 1.54) is 25.7 Å². The van der Waals surface area contributed by atoms with Crippen molar-refractivity contribution >= 4 is 5.91 Å². The number of hydrogen-bond donors (Lipinski definition) is 1. The highest BCUT2D eigenvalue weighted by atomic mass is 16.2. The van der Waals surface area contributed by atoms with Gasteiger partial charge in [0.1, 0.15) is 6.33 Å². The van der Waals surface area contributed by atoms with Crippen LogP contribution < -0.4 is 5.32 Å². The van der Waals surface area contributed by atoms with Gasteiger partial charge in [-0.05, 0) is 40.7 Å². The number of hydrogen-bond acceptors (Lipinski definition) is 4. The van der Waals surface area contributed by atoms with Crippen LogP contribution in [0, 0.1) is 0 Å². The fourth-order valence-corrected chi connectivity index (χ4v) is 3.01. The summed E-state index contributed by atoms with van der Waals surface area (Å²) in [6.45, 7) is 6.56. The zero-order valence-electron chi connectivity index (χ0n) is 13.5. The Morgan fingerprint density at radius 3 is 2.71 bits per heavy atom. The van der Waals surface area contributed by atoms with E-state index >= 15 is 0 Å². The van der Waals surface area contributed by atoms with Crippen molar-refractivity contribution < 1.29 is 4.79 Å². The van der Waals surface area contributed by atoms with Crippen LogP contribution in [0.1, 0.15) is 64.4 Å². The molecule has 1 N–H and O–H groups in total. The molecule has 1 atom stereocenters. The molecule has 21 heavy (non-hydrogen) atoms. The van der Waals surface area contributed by atoms with Gasteiger partial charge in [0, 0.05) is 12.1 Å². The molecule has 1 aromatic rings. The molecule has 1 heterocycles. The summed E-state index contributed by atoms with van der Waals surface area (Å²) in [5, 5.41) is 11.1. The smallest absolute Gasteiger partial charge is 0.234 e. The van der Waals surface area contributed by atoms with Gasteiger partial charge in [0.15, 0.2) is 5.82 Å². The third kappa shape index (κ3) is 4.03. The maximum Gasteiger partial charge on any atom is 0.234 e. The van der Waals surface area contributed by atoms with Gasteiger partial charge in [0.2, 0.25) is 5.91 Å². The second kappa shape index (κ2) is 7.02. The van der Waals surface area contributed by atoms with Gasteiger partial charge >= 0.3 is 0 Å². The fraction of sp³-hybridized carbons (Fsp3) is 0.800. The van der Waals surface area contributed by atoms with E-state index in [0.29, 0.717) is 12.6 Å². The minimum absolute atomic E-state index is 0.0511. The molecule has 6 nitrogen and oxygen atoms in total. The first-order chi connectivity index (χ1) is 9.99. The van der Waals surface area contributed by atoms with Crippen molar-refractivity contribution in [3.05, 3.63) is 12.2 Å². The molecule has 118 valence electrons. The van der Waals surface area contributed by atoms with Gasteiger partial charge in [-0.15, -0.1) is 10.2 Å². The number of rotatable bonds is 6. The summed E-state index contributed by atoms with van der Waals surface area (Å²) >= 11 is 0. The lowest BCUT2D eigenvalue weighted by Crippen LogP contribution is -2.40. The Hall–Kier alpha value is -1.43. The van der Waals surface area contributed by atoms with Crippen molar-refractivity contribution in [2.45, 2.75) is 64.6 Å². The second-order valence-electron chi connectivity index (χ2n) is 6.33. The summed E-state index contributed by atoms with van der Waals surface area (Å²) in [6, 6.07) is 0.722. The largest absolute Gasteiger partial charge is 0.345 e. The van der Waals surface area contributed by atoms with Crippen LogP contribution in [0.25, 0.3) is 0 Å². The van der Waals surface area contributed by atoms with Crippen LogP contribution in [0.15, 0.2) is 6.33 Å². The van der Waals surface area contributed by atoms with E-state index in [4.69, 9.17) is 0 Å². The molecule has 2 rings (SSSR count). The number of carbonyl (C=O) groups is 1. The Morgan fingerprint density at radius 2 is 2.10 bits per heavy atom. The molecule has 0 aromatic carbocycles. The van der Waals surface area contributed by atoms with E-state index < -0.39 is 0 Å². The molecular weight excluding hydrogens is 266 g/mol. The highest BCUT2D eigenvalue weighted by molar-refractivity contribution is 5.78. The maximum atomic E-state index is 12.2. The minimum atomic E-state index is -0.126. The first-order valence-electron chi connectivity index (χ1n) is 7.88. The van der Waals surface area contributed by atoms with Crippen LogP contribution in [0.2, 0.25) is 0 Å². The number of carbonyl (C=O) groups excluding carboxylic acids is 1. The molecule has 1 aliphatic carbocycles. The summed E-state index contributed by atoms with van der Waals surface area (Å²) in [5.74, 6) is 0.858. The van der Waals surface area contributed by atoms with Crippen LogP contribution in [0.3, 0.4) is 0 Å². The average molecular weight is 293 g/mol. The van der Waals surface area contributed by atoms with Gasteiger partial charge in [-0.25, -0.2) is 0 Å². The van der Waals surface area contributed by atoms with Crippen molar-refractivity contribution in [1.29, 1.82) is 0 Å². The van der Waals surface area contributed by atoms with Crippen molar-refractivity contribution in [3.63, 3.8) is 0 Å². The average Bonchev–Trinajstić information content (AvgIpc) is 3.10. The summed E-state index contributed by atoms with van der Waals surface area (Å²) < 4.78 is 1.99. The number of nitrogens with zero attached hydrogens (tertiary/aromatic N) is 4. The predicted octanol–water partition coefficient (Wildman–Crippen LogP) is 1.91. The number of amides is 1. The number of aromatic nitrogens is 3. The normalized spacial score (nSPS) is 17.6. The van der Waals surface area contributed by atoms with Gasteiger partial charge in [-0.3, -0.25) is 9.69 Å². The summed E-state index contributed by atoms with van der Waals surface area (Å²) in [7, 11) is 2.04. The van der Waals surface area contributed by atoms with Crippen LogP contribution in [-0.2, 0) is 4.79 Å². The van der Waals surface area contributed by atoms with Crippen LogP contribution in [0.5, 0.6) is 0 Å². The van der Waals surface area contributed by atoms with E-state index in [-0.39, 0.29) is 18.0 Å². The zero-order chi connectivity index (χ0) is 15.4. The number of likely N-dealkylation sites (N-methyl/N-ethyl adjacent to an activating group) is 1. The Balaban J connectivity index is 1.88. The molecular formula is C15H27N5O. The highest BCUT2D eigenvalue weighted by Crippen LogP contribution is 2.22. The summed E-state index contributed by atoms with van der Waals surface area (Å²) in [6.07, 6.45) is 6.70. The summed E-state index contributed by atoms with van der Waals surface area (Å²) in [4.78, 5) is 14.4. The number of nitrogens with one attached hydrogen (secondary N) is 1. The predicted molar refractivity (Wildman–Crippen MR) is 81.9 cm³/mol. The van der Waals surface area contributed by atoms with Gasteiger partial charge in [-0.2, -0.15) is 0 Å². The molecule has 0 saturated heterocycles. The van der Waals surface area contributed by atoms with E-state index in [1.54, 1.807) is 6.33 Å².